The molecule has 0 rings (SSSR count). The molecule has 0 N–H and O–H groups in total. The average molecular weight is 342 g/mol. The molecule has 6 heteroatoms. The predicted molar refractivity (Wildman–Crippen MR) is 88.0 cm³/mol. The van der Waals surface area contributed by atoms with Gasteiger partial charge in [0.1, 0.15) is 0 Å². The standard InChI is InChI=1S/4C4H9O.Al.Na/c4*1-4(2,3)5;;/h4*1-3H3;;/q4*-1;+3;+1. The minimum absolute atomic E-state index is 0. The molecule has 0 bridgehead atoms. The van der Waals surface area contributed by atoms with Gasteiger partial charge in [0.15, 0.2) is 0 Å². The smallest absolute Gasteiger partial charge is 0.850 e. The molecule has 0 amide bonds. The van der Waals surface area contributed by atoms with E-state index in [0.717, 1.165) is 0 Å². The summed E-state index contributed by atoms with van der Waals surface area (Å²) in [5.74, 6) is 0. The molecule has 22 heavy (non-hydrogen) atoms. The Hall–Kier alpha value is 1.37. The summed E-state index contributed by atoms with van der Waals surface area (Å²) in [5, 5.41) is 10.1. The molecule has 0 aromatic carbocycles. The first-order chi connectivity index (χ1) is 8.79. The van der Waals surface area contributed by atoms with Crippen LogP contribution in [0.2, 0.25) is 0 Å². The van der Waals surface area contributed by atoms with E-state index < -0.39 is 20.8 Å². The van der Waals surface area contributed by atoms with Crippen LogP contribution in [0.15, 0.2) is 0 Å². The first-order valence-electron chi connectivity index (χ1n) is 7.52. The molecular formula is C16H36AlNaO4. The maximum Gasteiger partial charge on any atom is 1.00 e. The Morgan fingerprint density at radius 1 is 0.545 bits per heavy atom. The summed E-state index contributed by atoms with van der Waals surface area (Å²) in [6.45, 7) is 23.1. The zero-order valence-electron chi connectivity index (χ0n) is 17.2. The van der Waals surface area contributed by atoms with Crippen molar-refractivity contribution in [2.75, 3.05) is 0 Å². The van der Waals surface area contributed by atoms with Gasteiger partial charge in [-0.05, 0) is 62.3 Å². The predicted octanol–water partition coefficient (Wildman–Crippen LogP) is 0.566. The van der Waals surface area contributed by atoms with Crippen LogP contribution in [0, 0.1) is 0 Å². The summed E-state index contributed by atoms with van der Waals surface area (Å²) in [7, 11) is 0. The Bertz CT molecular complexity index is 238. The van der Waals surface area contributed by atoms with Crippen LogP contribution < -0.4 is 34.7 Å². The molecule has 0 unspecified atom stereocenters. The van der Waals surface area contributed by atoms with Crippen molar-refractivity contribution in [2.24, 2.45) is 0 Å². The second-order valence-electron chi connectivity index (χ2n) is 9.09. The Kier molecular flexibility index (Phi) is 13.3. The minimum Gasteiger partial charge on any atom is -0.850 e. The molecule has 0 spiro atoms. The van der Waals surface area contributed by atoms with E-state index in [1.165, 1.54) is 0 Å². The Morgan fingerprint density at radius 2 is 0.682 bits per heavy atom. The molecule has 4 nitrogen and oxygen atoms in total. The maximum atomic E-state index is 10.1. The van der Waals surface area contributed by atoms with E-state index in [2.05, 4.69) is 0 Å². The normalized spacial score (nSPS) is 13.0. The topological polar surface area (TPSA) is 50.8 Å². The van der Waals surface area contributed by atoms with E-state index in [-0.39, 0.29) is 46.4 Å². The Morgan fingerprint density at radius 3 is 0.773 bits per heavy atom. The average Bonchev–Trinajstić information content (AvgIpc) is 1.86. The molecule has 0 saturated carbocycles. The van der Waals surface area contributed by atoms with Crippen molar-refractivity contribution in [2.45, 2.75) is 105 Å². The van der Waals surface area contributed by atoms with E-state index in [4.69, 9.17) is 11.4 Å². The van der Waals surface area contributed by atoms with Crippen molar-refractivity contribution < 1.29 is 46.0 Å². The van der Waals surface area contributed by atoms with Gasteiger partial charge >= 0.3 is 44.7 Å². The number of hydrogen-bond donors (Lipinski definition) is 0. The molecule has 0 atom stereocenters. The van der Waals surface area contributed by atoms with Gasteiger partial charge in [-0.15, -0.1) is 5.60 Å². The third kappa shape index (κ3) is 33.1. The van der Waals surface area contributed by atoms with Crippen LogP contribution in [-0.2, 0) is 11.4 Å². The van der Waals surface area contributed by atoms with Crippen LogP contribution in [0.1, 0.15) is 83.1 Å². The SMILES string of the molecule is CC(C)(C)[O-].CC(C)(C)[O][Al]([O]C(C)(C)C)[O]C(C)(C)C.[Na+]. The molecule has 0 fully saturated rings. The fraction of sp³-hybridized carbons (Fsp3) is 1.00. The van der Waals surface area contributed by atoms with Crippen molar-refractivity contribution in [3.05, 3.63) is 0 Å². The third-order valence-corrected chi connectivity index (χ3v) is 4.05. The van der Waals surface area contributed by atoms with E-state index in [1.54, 1.807) is 20.8 Å². The van der Waals surface area contributed by atoms with Gasteiger partial charge in [-0.3, -0.25) is 0 Å². The van der Waals surface area contributed by atoms with E-state index in [0.29, 0.717) is 0 Å². The fourth-order valence-electron chi connectivity index (χ4n) is 0.938. The fourth-order valence-corrected chi connectivity index (χ4v) is 2.81. The first-order valence-corrected chi connectivity index (χ1v) is 8.94. The second kappa shape index (κ2) is 10.4. The molecule has 0 radical (unpaired) electrons. The van der Waals surface area contributed by atoms with Gasteiger partial charge in [0.05, 0.1) is 0 Å². The largest absolute Gasteiger partial charge is 1.00 e. The molecule has 0 saturated heterocycles. The zero-order chi connectivity index (χ0) is 17.7. The molecule has 128 valence electrons. The number of rotatable bonds is 3. The molecule has 0 aliphatic rings. The molecule has 0 aromatic rings. The minimum atomic E-state index is -2.11. The van der Waals surface area contributed by atoms with Crippen molar-refractivity contribution in [3.63, 3.8) is 0 Å². The van der Waals surface area contributed by atoms with Gasteiger partial charge in [-0.25, -0.2) is 0 Å². The quantitative estimate of drug-likeness (QED) is 0.704. The summed E-state index contributed by atoms with van der Waals surface area (Å²) in [5.41, 5.74) is -1.44. The van der Waals surface area contributed by atoms with Gasteiger partial charge < -0.3 is 16.5 Å². The Balaban J connectivity index is -0.000000520. The van der Waals surface area contributed by atoms with Gasteiger partial charge in [-0.2, -0.15) is 0 Å². The van der Waals surface area contributed by atoms with Crippen LogP contribution in [0.25, 0.3) is 0 Å². The Labute approximate surface area is 166 Å². The summed E-state index contributed by atoms with van der Waals surface area (Å²) in [6.07, 6.45) is 0. The van der Waals surface area contributed by atoms with E-state index >= 15 is 0 Å². The summed E-state index contributed by atoms with van der Waals surface area (Å²) < 4.78 is 17.7. The van der Waals surface area contributed by atoms with Gasteiger partial charge in [0.25, 0.3) is 0 Å². The van der Waals surface area contributed by atoms with Gasteiger partial charge in [-0.1, -0.05) is 20.8 Å². The van der Waals surface area contributed by atoms with Gasteiger partial charge in [0.2, 0.25) is 0 Å². The molecule has 0 aliphatic carbocycles. The number of hydrogen-bond acceptors (Lipinski definition) is 4. The monoisotopic (exact) mass is 342 g/mol. The van der Waals surface area contributed by atoms with Crippen molar-refractivity contribution in [3.8, 4) is 0 Å². The van der Waals surface area contributed by atoms with E-state index in [1.807, 2.05) is 62.3 Å². The van der Waals surface area contributed by atoms with Crippen LogP contribution in [-0.4, -0.2) is 37.6 Å². The van der Waals surface area contributed by atoms with Gasteiger partial charge in [0, 0.05) is 16.8 Å². The van der Waals surface area contributed by atoms with Crippen molar-refractivity contribution in [1.29, 1.82) is 0 Å². The third-order valence-electron chi connectivity index (χ3n) is 1.35. The van der Waals surface area contributed by atoms with Crippen molar-refractivity contribution in [1.82, 2.24) is 0 Å². The molecule has 0 heterocycles. The zero-order valence-corrected chi connectivity index (χ0v) is 20.4. The van der Waals surface area contributed by atoms with Crippen molar-refractivity contribution >= 4 is 15.1 Å². The second-order valence-corrected chi connectivity index (χ2v) is 10.4. The summed E-state index contributed by atoms with van der Waals surface area (Å²) in [4.78, 5) is 0. The van der Waals surface area contributed by atoms with Crippen LogP contribution in [0.3, 0.4) is 0 Å². The van der Waals surface area contributed by atoms with Crippen LogP contribution >= 0.6 is 0 Å². The van der Waals surface area contributed by atoms with E-state index in [9.17, 15) is 5.11 Å². The molecular weight excluding hydrogens is 306 g/mol. The van der Waals surface area contributed by atoms with Crippen LogP contribution in [0.4, 0.5) is 0 Å². The summed E-state index contributed by atoms with van der Waals surface area (Å²) >= 11 is -2.11. The molecule has 0 aliphatic heterocycles. The maximum absolute atomic E-state index is 10.1. The molecule has 0 aromatic heterocycles. The summed E-state index contributed by atoms with van der Waals surface area (Å²) in [6, 6.07) is 0. The van der Waals surface area contributed by atoms with Crippen LogP contribution in [0.5, 0.6) is 0 Å². The first kappa shape index (κ1) is 28.2.